The fourth-order valence-corrected chi connectivity index (χ4v) is 2.83. The predicted molar refractivity (Wildman–Crippen MR) is 110 cm³/mol. The third-order valence-corrected chi connectivity index (χ3v) is 4.33. The maximum atomic E-state index is 12.6. The summed E-state index contributed by atoms with van der Waals surface area (Å²) in [6.45, 7) is 6.49. The lowest BCUT2D eigenvalue weighted by atomic mass is 9.86. The van der Waals surface area contributed by atoms with E-state index < -0.39 is 0 Å². The van der Waals surface area contributed by atoms with E-state index in [0.717, 1.165) is 11.4 Å². The van der Waals surface area contributed by atoms with Gasteiger partial charge in [-0.05, 0) is 29.2 Å². The zero-order chi connectivity index (χ0) is 19.4. The highest BCUT2D eigenvalue weighted by atomic mass is 16.2. The number of rotatable bonds is 4. The molecule has 0 fully saturated rings. The van der Waals surface area contributed by atoms with Crippen LogP contribution in [-0.2, 0) is 5.41 Å². The molecule has 0 radical (unpaired) electrons. The topological polar surface area (TPSA) is 58.1 Å². The highest BCUT2D eigenvalue weighted by Gasteiger charge is 2.18. The van der Waals surface area contributed by atoms with Crippen molar-refractivity contribution in [3.05, 3.63) is 78.1 Å². The Morgan fingerprint density at radius 1 is 0.926 bits per heavy atom. The number of benzene rings is 2. The Labute approximate surface area is 160 Å². The lowest BCUT2D eigenvalue weighted by Gasteiger charge is -2.23. The molecule has 0 atom stereocenters. The first-order valence-corrected chi connectivity index (χ1v) is 8.88. The average Bonchev–Trinajstić information content (AvgIpc) is 2.68. The first kappa shape index (κ1) is 18.6. The number of amides is 1. The molecule has 0 saturated heterocycles. The Morgan fingerprint density at radius 2 is 1.52 bits per heavy atom. The normalized spacial score (nSPS) is 11.1. The number of hydrogen-bond donors (Lipinski definition) is 1. The third kappa shape index (κ3) is 4.31. The number of aromatic nitrogens is 2. The molecule has 2 aromatic carbocycles. The summed E-state index contributed by atoms with van der Waals surface area (Å²) < 4.78 is 0. The zero-order valence-corrected chi connectivity index (χ0v) is 16.1. The van der Waals surface area contributed by atoms with Crippen LogP contribution in [0.25, 0.3) is 0 Å². The summed E-state index contributed by atoms with van der Waals surface area (Å²) in [6.07, 6.45) is 3.10. The van der Waals surface area contributed by atoms with Gasteiger partial charge >= 0.3 is 0 Å². The Hall–Kier alpha value is -3.21. The molecule has 1 N–H and O–H groups in total. The molecule has 3 rings (SSSR count). The largest absolute Gasteiger partial charge is 0.324 e. The van der Waals surface area contributed by atoms with Crippen molar-refractivity contribution >= 4 is 23.2 Å². The van der Waals surface area contributed by atoms with Gasteiger partial charge in [-0.2, -0.15) is 0 Å². The Kier molecular flexibility index (Phi) is 5.21. The van der Waals surface area contributed by atoms with E-state index >= 15 is 0 Å². The van der Waals surface area contributed by atoms with Gasteiger partial charge in [0.2, 0.25) is 5.95 Å². The molecule has 1 aromatic heterocycles. The number of carbonyl (C=O) groups excluding carboxylic acids is 1. The van der Waals surface area contributed by atoms with Crippen LogP contribution in [0.15, 0.2) is 67.0 Å². The first-order chi connectivity index (χ1) is 12.9. The van der Waals surface area contributed by atoms with Crippen LogP contribution < -0.4 is 10.2 Å². The van der Waals surface area contributed by atoms with Gasteiger partial charge in [-0.3, -0.25) is 4.79 Å². The highest BCUT2D eigenvalue weighted by molar-refractivity contribution is 6.05. The minimum atomic E-state index is -0.150. The number of nitrogens with zero attached hydrogens (tertiary/aromatic N) is 3. The number of anilines is 3. The van der Waals surface area contributed by atoms with Gasteiger partial charge in [-0.1, -0.05) is 57.2 Å². The number of para-hydroxylation sites is 2. The van der Waals surface area contributed by atoms with Crippen molar-refractivity contribution in [1.29, 1.82) is 0 Å². The third-order valence-electron chi connectivity index (χ3n) is 4.33. The van der Waals surface area contributed by atoms with Crippen LogP contribution in [0.3, 0.4) is 0 Å². The van der Waals surface area contributed by atoms with E-state index in [1.54, 1.807) is 24.3 Å². The van der Waals surface area contributed by atoms with Crippen LogP contribution in [0.5, 0.6) is 0 Å². The van der Waals surface area contributed by atoms with Gasteiger partial charge in [0, 0.05) is 30.8 Å². The zero-order valence-electron chi connectivity index (χ0n) is 16.1. The van der Waals surface area contributed by atoms with Crippen LogP contribution in [0, 0.1) is 0 Å². The molecule has 0 aliphatic heterocycles. The number of hydrogen-bond acceptors (Lipinski definition) is 4. The Bertz CT molecular complexity index is 915. The molecule has 5 heteroatoms. The average molecular weight is 360 g/mol. The molecule has 1 heterocycles. The first-order valence-electron chi connectivity index (χ1n) is 8.88. The van der Waals surface area contributed by atoms with Gasteiger partial charge < -0.3 is 10.2 Å². The summed E-state index contributed by atoms with van der Waals surface area (Å²) in [5.74, 6) is 0.313. The number of carbonyl (C=O) groups is 1. The van der Waals surface area contributed by atoms with Crippen LogP contribution >= 0.6 is 0 Å². The molecule has 138 valence electrons. The van der Waals surface area contributed by atoms with E-state index in [1.807, 2.05) is 48.5 Å². The van der Waals surface area contributed by atoms with Crippen LogP contribution in [-0.4, -0.2) is 22.9 Å². The van der Waals surface area contributed by atoms with Crippen LogP contribution in [0.2, 0.25) is 0 Å². The van der Waals surface area contributed by atoms with Gasteiger partial charge in [0.1, 0.15) is 0 Å². The van der Waals surface area contributed by atoms with E-state index in [2.05, 4.69) is 42.1 Å². The standard InChI is InChI=1S/C22H24N4O/c1-22(2,3)18-12-8-9-13-19(18)25-21-23-14-16(15-24-21)20(27)26(4)17-10-6-5-7-11-17/h5-15H,1-4H3,(H,23,24,25). The van der Waals surface area contributed by atoms with Crippen molar-refractivity contribution in [3.63, 3.8) is 0 Å². The summed E-state index contributed by atoms with van der Waals surface area (Å²) >= 11 is 0. The van der Waals surface area contributed by atoms with Gasteiger partial charge in [0.25, 0.3) is 5.91 Å². The summed E-state index contributed by atoms with van der Waals surface area (Å²) in [5, 5.41) is 3.26. The Balaban J connectivity index is 1.78. The second kappa shape index (κ2) is 7.58. The van der Waals surface area contributed by atoms with Crippen LogP contribution in [0.4, 0.5) is 17.3 Å². The fraction of sp³-hybridized carbons (Fsp3) is 0.227. The minimum absolute atomic E-state index is 0.00209. The molecule has 0 unspecified atom stereocenters. The van der Waals surface area contributed by atoms with Gasteiger partial charge in [-0.25, -0.2) is 9.97 Å². The molecule has 27 heavy (non-hydrogen) atoms. The van der Waals surface area contributed by atoms with E-state index in [1.165, 1.54) is 5.56 Å². The van der Waals surface area contributed by atoms with Crippen LogP contribution in [0.1, 0.15) is 36.7 Å². The molecular formula is C22H24N4O. The SMILES string of the molecule is CN(C(=O)c1cnc(Nc2ccccc2C(C)(C)C)nc1)c1ccccc1. The summed E-state index contributed by atoms with van der Waals surface area (Å²) in [4.78, 5) is 22.9. The second-order valence-electron chi connectivity index (χ2n) is 7.42. The maximum absolute atomic E-state index is 12.6. The van der Waals surface area contributed by atoms with E-state index in [-0.39, 0.29) is 11.3 Å². The summed E-state index contributed by atoms with van der Waals surface area (Å²) in [7, 11) is 1.74. The monoisotopic (exact) mass is 360 g/mol. The molecule has 5 nitrogen and oxygen atoms in total. The Morgan fingerprint density at radius 3 is 2.15 bits per heavy atom. The smallest absolute Gasteiger partial charge is 0.261 e. The number of nitrogens with one attached hydrogen (secondary N) is 1. The fourth-order valence-electron chi connectivity index (χ4n) is 2.83. The molecule has 1 amide bonds. The van der Waals surface area contributed by atoms with Gasteiger partial charge in [0.15, 0.2) is 0 Å². The molecule has 0 saturated carbocycles. The van der Waals surface area contributed by atoms with Crippen molar-refractivity contribution in [1.82, 2.24) is 9.97 Å². The predicted octanol–water partition coefficient (Wildman–Crippen LogP) is 4.79. The van der Waals surface area contributed by atoms with Crippen molar-refractivity contribution in [2.45, 2.75) is 26.2 Å². The molecule has 0 aliphatic carbocycles. The lowest BCUT2D eigenvalue weighted by molar-refractivity contribution is 0.0992. The van der Waals surface area contributed by atoms with Crippen molar-refractivity contribution in [2.75, 3.05) is 17.3 Å². The molecule has 3 aromatic rings. The van der Waals surface area contributed by atoms with E-state index in [9.17, 15) is 4.79 Å². The van der Waals surface area contributed by atoms with E-state index in [0.29, 0.717) is 11.5 Å². The summed E-state index contributed by atoms with van der Waals surface area (Å²) in [5.41, 5.74) is 3.40. The van der Waals surface area contributed by atoms with Crippen molar-refractivity contribution in [2.24, 2.45) is 0 Å². The van der Waals surface area contributed by atoms with Crippen molar-refractivity contribution in [3.8, 4) is 0 Å². The summed E-state index contributed by atoms with van der Waals surface area (Å²) in [6, 6.07) is 17.6. The van der Waals surface area contributed by atoms with Gasteiger partial charge in [0.05, 0.1) is 5.56 Å². The highest BCUT2D eigenvalue weighted by Crippen LogP contribution is 2.30. The molecule has 0 bridgehead atoms. The molecule has 0 aliphatic rings. The van der Waals surface area contributed by atoms with Gasteiger partial charge in [-0.15, -0.1) is 0 Å². The molecular weight excluding hydrogens is 336 g/mol. The minimum Gasteiger partial charge on any atom is -0.324 e. The van der Waals surface area contributed by atoms with E-state index in [4.69, 9.17) is 0 Å². The second-order valence-corrected chi connectivity index (χ2v) is 7.42. The quantitative estimate of drug-likeness (QED) is 0.726. The molecule has 0 spiro atoms. The lowest BCUT2D eigenvalue weighted by Crippen LogP contribution is -2.26. The maximum Gasteiger partial charge on any atom is 0.261 e. The van der Waals surface area contributed by atoms with Crippen molar-refractivity contribution < 1.29 is 4.79 Å².